The number of nitrogens with one attached hydrogen (secondary N) is 2. The summed E-state index contributed by atoms with van der Waals surface area (Å²) >= 11 is 0. The third-order valence-electron chi connectivity index (χ3n) is 16.6. The maximum absolute atomic E-state index is 13.8. The highest BCUT2D eigenvalue weighted by Crippen LogP contribution is 2.48. The van der Waals surface area contributed by atoms with Crippen LogP contribution in [-0.2, 0) is 48.0 Å². The summed E-state index contributed by atoms with van der Waals surface area (Å²) < 4.78 is 12.0. The van der Waals surface area contributed by atoms with Gasteiger partial charge >= 0.3 is 12.2 Å². The molecule has 6 atom stereocenters. The van der Waals surface area contributed by atoms with Crippen molar-refractivity contribution in [2.75, 3.05) is 0 Å². The van der Waals surface area contributed by atoms with E-state index < -0.39 is 11.2 Å². The molecule has 10 nitrogen and oxygen atoms in total. The van der Waals surface area contributed by atoms with Gasteiger partial charge in [-0.3, -0.25) is 9.80 Å². The molecule has 70 heavy (non-hydrogen) atoms. The number of hydrogen-bond donors (Lipinski definition) is 2. The van der Waals surface area contributed by atoms with Crippen molar-refractivity contribution in [3.05, 3.63) is 106 Å². The molecule has 0 unspecified atom stereocenters. The molecule has 2 aromatic heterocycles. The Balaban J connectivity index is 0.899. The summed E-state index contributed by atoms with van der Waals surface area (Å²) in [5, 5.41) is 0. The second kappa shape index (κ2) is 18.2. The zero-order valence-corrected chi connectivity index (χ0v) is 43.0. The number of hydrogen-bond acceptors (Lipinski definition) is 6. The van der Waals surface area contributed by atoms with Crippen LogP contribution in [0, 0.1) is 11.8 Å². The first-order valence-corrected chi connectivity index (χ1v) is 26.9. The fraction of sp³-hybridized carbons (Fsp3) is 0.533. The van der Waals surface area contributed by atoms with Crippen LogP contribution in [0.2, 0.25) is 0 Å². The molecule has 2 N–H and O–H groups in total. The number of carbonyl (C=O) groups is 2. The van der Waals surface area contributed by atoms with Crippen LogP contribution >= 0.6 is 0 Å². The summed E-state index contributed by atoms with van der Waals surface area (Å²) in [6.07, 6.45) is 16.2. The topological polar surface area (TPSA) is 116 Å². The minimum Gasteiger partial charge on any atom is -0.444 e. The molecule has 4 aromatic carbocycles. The number of rotatable bonds is 6. The van der Waals surface area contributed by atoms with E-state index in [1.165, 1.54) is 68.5 Å². The van der Waals surface area contributed by atoms with Gasteiger partial charge in [0.15, 0.2) is 0 Å². The summed E-state index contributed by atoms with van der Waals surface area (Å²) in [6.45, 7) is 16.3. The molecule has 6 aliphatic carbocycles. The quantitative estimate of drug-likeness (QED) is 0.172. The summed E-state index contributed by atoms with van der Waals surface area (Å²) in [5.41, 5.74) is 16.1. The second-order valence-corrected chi connectivity index (χ2v) is 23.5. The molecule has 4 bridgehead atoms. The Morgan fingerprint density at radius 1 is 0.557 bits per heavy atom. The number of H-pyrrole nitrogens is 2. The third-order valence-corrected chi connectivity index (χ3v) is 16.6. The average Bonchev–Trinajstić information content (AvgIpc) is 4.12. The van der Waals surface area contributed by atoms with Crippen LogP contribution in [0.4, 0.5) is 9.59 Å². The van der Waals surface area contributed by atoms with Crippen molar-refractivity contribution in [3.63, 3.8) is 0 Å². The van der Waals surface area contributed by atoms with Gasteiger partial charge in [0.2, 0.25) is 0 Å². The lowest BCUT2D eigenvalue weighted by atomic mass is 9.83. The molecule has 2 aliphatic heterocycles. The van der Waals surface area contributed by atoms with Crippen molar-refractivity contribution >= 4 is 34.3 Å². The van der Waals surface area contributed by atoms with Gasteiger partial charge in [0, 0.05) is 12.1 Å². The lowest BCUT2D eigenvalue weighted by Crippen LogP contribution is -2.43. The van der Waals surface area contributed by atoms with Crippen LogP contribution in [0.5, 0.6) is 0 Å². The lowest BCUT2D eigenvalue weighted by molar-refractivity contribution is 0.00853. The molecule has 8 aliphatic rings. The van der Waals surface area contributed by atoms with Gasteiger partial charge in [-0.2, -0.15) is 0 Å². The Hall–Kier alpha value is -5.64. The Morgan fingerprint density at radius 3 is 1.36 bits per heavy atom. The van der Waals surface area contributed by atoms with E-state index in [2.05, 4.69) is 84.5 Å². The van der Waals surface area contributed by atoms with Crippen molar-refractivity contribution in [1.82, 2.24) is 29.7 Å². The van der Waals surface area contributed by atoms with Crippen molar-refractivity contribution in [1.29, 1.82) is 0 Å². The number of benzene rings is 4. The number of aromatic nitrogens is 4. The molecule has 0 radical (unpaired) electrons. The molecule has 2 amide bonds. The molecular formula is C60H74N6O4. The zero-order valence-electron chi connectivity index (χ0n) is 43.0. The van der Waals surface area contributed by atoms with Crippen LogP contribution in [0.3, 0.4) is 0 Å². The predicted octanol–water partition coefficient (Wildman–Crippen LogP) is 14.3. The monoisotopic (exact) mass is 943 g/mol. The number of likely N-dealkylation sites (tertiary alicyclic amines) is 2. The normalized spacial score (nSPS) is 23.7. The van der Waals surface area contributed by atoms with Gasteiger partial charge in [0.1, 0.15) is 22.9 Å². The Labute approximate surface area is 414 Å². The standard InChI is InChI=1S/C60H74N6O4/c1-9-35-27-39-22-20-38-30-46(42-24-26-48-50(32-42)64-56(62-48)54-34-44-16-12-14-18-52(44)66(54)58(68)70-60(6,7)8)40(28-36(38)10-2)21-19-37(35)29-45(39)41-23-25-47-49(31-41)63-55(61-47)53-33-43-15-11-13-17-51(43)65(53)57(67)69-59(3,4)5/h23-32,43-44,51-54H,9-22,33-34H2,1-8H3,(H,61,63)(H,62,64)/t43-,44-,51-,52-,53-,54-/m0/s1. The second-order valence-electron chi connectivity index (χ2n) is 23.5. The lowest BCUT2D eigenvalue weighted by Gasteiger charge is -2.34. The van der Waals surface area contributed by atoms with Gasteiger partial charge in [-0.25, -0.2) is 19.6 Å². The molecular weight excluding hydrogens is 869 g/mol. The molecule has 4 heterocycles. The minimum absolute atomic E-state index is 0.129. The fourth-order valence-corrected chi connectivity index (χ4v) is 13.4. The minimum atomic E-state index is -0.561. The number of imidazole rings is 2. The van der Waals surface area contributed by atoms with Gasteiger partial charge in [0.25, 0.3) is 0 Å². The van der Waals surface area contributed by atoms with Crippen molar-refractivity contribution in [2.45, 2.75) is 193 Å². The summed E-state index contributed by atoms with van der Waals surface area (Å²) in [5.74, 6) is 2.68. The van der Waals surface area contributed by atoms with Gasteiger partial charge in [-0.1, -0.05) is 75.9 Å². The first kappa shape index (κ1) is 46.7. The van der Waals surface area contributed by atoms with Crippen molar-refractivity contribution < 1.29 is 19.1 Å². The van der Waals surface area contributed by atoms with Crippen LogP contribution in [-0.4, -0.2) is 65.2 Å². The summed E-state index contributed by atoms with van der Waals surface area (Å²) in [6, 6.07) is 23.5. The van der Waals surface area contributed by atoms with Gasteiger partial charge in [-0.15, -0.1) is 0 Å². The zero-order chi connectivity index (χ0) is 48.6. The van der Waals surface area contributed by atoms with Crippen molar-refractivity contribution in [3.8, 4) is 22.3 Å². The van der Waals surface area contributed by atoms with Crippen molar-refractivity contribution in [2.24, 2.45) is 11.8 Å². The maximum Gasteiger partial charge on any atom is 0.411 e. The van der Waals surface area contributed by atoms with Crippen LogP contribution < -0.4 is 0 Å². The van der Waals surface area contributed by atoms with Crippen LogP contribution in [0.25, 0.3) is 44.3 Å². The highest BCUT2D eigenvalue weighted by atomic mass is 16.6. The average molecular weight is 943 g/mol. The van der Waals surface area contributed by atoms with Gasteiger partial charge < -0.3 is 19.4 Å². The molecule has 2 saturated heterocycles. The van der Waals surface area contributed by atoms with E-state index in [1.807, 2.05) is 51.3 Å². The first-order valence-electron chi connectivity index (χ1n) is 26.9. The van der Waals surface area contributed by atoms with Gasteiger partial charge in [-0.05, 0) is 210 Å². The third kappa shape index (κ3) is 8.91. The maximum atomic E-state index is 13.8. The van der Waals surface area contributed by atoms with E-state index in [0.29, 0.717) is 11.8 Å². The molecule has 10 heteroatoms. The SMILES string of the molecule is CCc1cc2c(-c3ccc4[nH]c([C@@H]5C[C@@H]6CCCC[C@@H]6N5C(=O)OC(C)(C)C)nc4c3)cc1CCc1cc(CC)c(cc1-c1ccc3[nH]c([C@@H]4C[C@@H]5CCCC[C@@H]5N4C(=O)OC(C)(C)C)nc3c1)CC2. The highest BCUT2D eigenvalue weighted by molar-refractivity contribution is 5.85. The number of aromatic amines is 2. The number of aryl methyl sites for hydroxylation is 6. The smallest absolute Gasteiger partial charge is 0.411 e. The number of carbonyl (C=O) groups excluding carboxylic acids is 2. The molecule has 368 valence electrons. The number of nitrogens with zero attached hydrogens (tertiary/aromatic N) is 4. The number of ether oxygens (including phenoxy) is 2. The largest absolute Gasteiger partial charge is 0.444 e. The van der Waals surface area contributed by atoms with Crippen LogP contribution in [0.1, 0.15) is 177 Å². The van der Waals surface area contributed by atoms with E-state index in [4.69, 9.17) is 19.4 Å². The van der Waals surface area contributed by atoms with E-state index in [-0.39, 0.29) is 36.4 Å². The molecule has 4 fully saturated rings. The van der Waals surface area contributed by atoms with E-state index in [9.17, 15) is 9.59 Å². The number of fused-ring (bicyclic) bond motifs is 4. The molecule has 6 aromatic rings. The highest BCUT2D eigenvalue weighted by Gasteiger charge is 2.49. The Morgan fingerprint density at radius 2 is 0.957 bits per heavy atom. The predicted molar refractivity (Wildman–Crippen MR) is 279 cm³/mol. The van der Waals surface area contributed by atoms with E-state index in [0.717, 1.165) is 124 Å². The van der Waals surface area contributed by atoms with E-state index >= 15 is 0 Å². The first-order chi connectivity index (χ1) is 33.6. The summed E-state index contributed by atoms with van der Waals surface area (Å²) in [7, 11) is 0. The molecule has 14 rings (SSSR count). The van der Waals surface area contributed by atoms with Gasteiger partial charge in [0.05, 0.1) is 34.2 Å². The fourth-order valence-electron chi connectivity index (χ4n) is 13.4. The van der Waals surface area contributed by atoms with Crippen LogP contribution in [0.15, 0.2) is 60.7 Å². The molecule has 2 saturated carbocycles. The Kier molecular flexibility index (Phi) is 12.1. The van der Waals surface area contributed by atoms with E-state index in [1.54, 1.807) is 0 Å². The Bertz CT molecular complexity index is 2770. The number of amides is 2. The molecule has 0 spiro atoms. The summed E-state index contributed by atoms with van der Waals surface area (Å²) in [4.78, 5) is 49.7.